The lowest BCUT2D eigenvalue weighted by atomic mass is 9.90. The minimum absolute atomic E-state index is 0.122. The first-order valence-corrected chi connectivity index (χ1v) is 12.4. The van der Waals surface area contributed by atoms with Crippen molar-refractivity contribution in [2.75, 3.05) is 36.0 Å². The van der Waals surface area contributed by atoms with E-state index >= 15 is 0 Å². The highest BCUT2D eigenvalue weighted by Crippen LogP contribution is 2.34. The molecule has 182 valence electrons. The monoisotopic (exact) mass is 481 g/mol. The van der Waals surface area contributed by atoms with Crippen LogP contribution in [0, 0.1) is 0 Å². The topological polar surface area (TPSA) is 98.0 Å². The molecule has 1 aromatic carbocycles. The van der Waals surface area contributed by atoms with Crippen molar-refractivity contribution in [3.05, 3.63) is 67.0 Å². The van der Waals surface area contributed by atoms with Gasteiger partial charge in [-0.1, -0.05) is 18.2 Å². The molecule has 5 aromatic rings. The van der Waals surface area contributed by atoms with E-state index < -0.39 is 0 Å². The Morgan fingerprint density at radius 1 is 0.917 bits per heavy atom. The molecule has 0 radical (unpaired) electrons. The summed E-state index contributed by atoms with van der Waals surface area (Å²) < 4.78 is 14.0. The van der Waals surface area contributed by atoms with Crippen LogP contribution in [-0.4, -0.2) is 57.9 Å². The first-order chi connectivity index (χ1) is 17.7. The highest BCUT2D eigenvalue weighted by atomic mass is 16.5. The van der Waals surface area contributed by atoms with Crippen molar-refractivity contribution in [1.82, 2.24) is 19.6 Å². The van der Waals surface area contributed by atoms with E-state index in [2.05, 4.69) is 61.3 Å². The van der Waals surface area contributed by atoms with Crippen LogP contribution in [0.1, 0.15) is 12.8 Å². The first kappa shape index (κ1) is 21.2. The third-order valence-corrected chi connectivity index (χ3v) is 7.16. The SMILES string of the molecule is NC1CC(Oc2ccc3ncc(-c4cc5c(N6CCN(c7ccccc7)CC6)ccnc5o4)n3n2)C1. The summed E-state index contributed by atoms with van der Waals surface area (Å²) in [5.41, 5.74) is 10.4. The normalized spacial score (nSPS) is 20.1. The Balaban J connectivity index is 1.17. The van der Waals surface area contributed by atoms with Crippen LogP contribution in [0.2, 0.25) is 0 Å². The van der Waals surface area contributed by atoms with Gasteiger partial charge in [-0.3, -0.25) is 0 Å². The zero-order valence-corrected chi connectivity index (χ0v) is 19.8. The van der Waals surface area contributed by atoms with Gasteiger partial charge in [-0.05, 0) is 43.2 Å². The van der Waals surface area contributed by atoms with E-state index in [-0.39, 0.29) is 12.1 Å². The Hall–Kier alpha value is -4.11. The van der Waals surface area contributed by atoms with Gasteiger partial charge < -0.3 is 24.7 Å². The summed E-state index contributed by atoms with van der Waals surface area (Å²) >= 11 is 0. The van der Waals surface area contributed by atoms with Gasteiger partial charge in [0.05, 0.1) is 17.3 Å². The summed E-state index contributed by atoms with van der Waals surface area (Å²) in [6.45, 7) is 3.78. The van der Waals surface area contributed by atoms with Crippen LogP contribution in [0.3, 0.4) is 0 Å². The number of ether oxygens (including phenoxy) is 1. The molecule has 9 nitrogen and oxygen atoms in total. The number of hydrogen-bond donors (Lipinski definition) is 1. The van der Waals surface area contributed by atoms with E-state index in [9.17, 15) is 0 Å². The molecule has 1 saturated carbocycles. The number of piperazine rings is 1. The van der Waals surface area contributed by atoms with Crippen molar-refractivity contribution >= 4 is 28.1 Å². The Labute approximate surface area is 208 Å². The van der Waals surface area contributed by atoms with Crippen LogP contribution in [-0.2, 0) is 0 Å². The molecule has 2 aliphatic rings. The molecule has 2 N–H and O–H groups in total. The number of aromatic nitrogens is 4. The molecule has 0 spiro atoms. The summed E-state index contributed by atoms with van der Waals surface area (Å²) in [6.07, 6.45) is 5.43. The summed E-state index contributed by atoms with van der Waals surface area (Å²) in [5, 5.41) is 5.66. The highest BCUT2D eigenvalue weighted by Gasteiger charge is 2.28. The predicted octanol–water partition coefficient (Wildman–Crippen LogP) is 3.73. The maximum Gasteiger partial charge on any atom is 0.232 e. The summed E-state index contributed by atoms with van der Waals surface area (Å²) in [7, 11) is 0. The molecule has 1 aliphatic carbocycles. The number of nitrogens with zero attached hydrogens (tertiary/aromatic N) is 6. The fraction of sp³-hybridized carbons (Fsp3) is 0.296. The van der Waals surface area contributed by atoms with Crippen LogP contribution in [0.25, 0.3) is 28.2 Å². The van der Waals surface area contributed by atoms with Crippen molar-refractivity contribution in [3.8, 4) is 17.3 Å². The number of nitrogens with two attached hydrogens (primary N) is 1. The van der Waals surface area contributed by atoms with Gasteiger partial charge in [0.2, 0.25) is 11.6 Å². The molecule has 1 saturated heterocycles. The molecular weight excluding hydrogens is 454 g/mol. The van der Waals surface area contributed by atoms with Crippen molar-refractivity contribution in [2.24, 2.45) is 5.73 Å². The minimum Gasteiger partial charge on any atom is -0.473 e. The summed E-state index contributed by atoms with van der Waals surface area (Å²) in [5.74, 6) is 1.24. The van der Waals surface area contributed by atoms with Crippen LogP contribution in [0.5, 0.6) is 5.88 Å². The number of rotatable bonds is 5. The second-order valence-corrected chi connectivity index (χ2v) is 9.53. The van der Waals surface area contributed by atoms with Gasteiger partial charge in [-0.2, -0.15) is 0 Å². The van der Waals surface area contributed by atoms with Crippen molar-refractivity contribution < 1.29 is 9.15 Å². The maximum absolute atomic E-state index is 6.20. The number of para-hydroxylation sites is 1. The van der Waals surface area contributed by atoms with Crippen LogP contribution < -0.4 is 20.3 Å². The maximum atomic E-state index is 6.20. The lowest BCUT2D eigenvalue weighted by Gasteiger charge is -2.37. The second kappa shape index (κ2) is 8.53. The van der Waals surface area contributed by atoms with Crippen LogP contribution in [0.15, 0.2) is 71.4 Å². The first-order valence-electron chi connectivity index (χ1n) is 12.4. The van der Waals surface area contributed by atoms with E-state index in [1.807, 2.05) is 24.4 Å². The van der Waals surface area contributed by atoms with Gasteiger partial charge >= 0.3 is 0 Å². The number of anilines is 2. The standard InChI is InChI=1S/C27H27N7O2/c28-18-14-20(15-18)35-26-7-6-25-30-17-23(34(25)31-26)24-16-21-22(8-9-29-27(21)36-24)33-12-10-32(11-13-33)19-4-2-1-3-5-19/h1-9,16-18,20H,10-15,28H2. The Morgan fingerprint density at radius 3 is 2.53 bits per heavy atom. The Bertz CT molecular complexity index is 1520. The van der Waals surface area contributed by atoms with Gasteiger partial charge in [-0.15, -0.1) is 5.10 Å². The zero-order valence-electron chi connectivity index (χ0n) is 19.8. The number of hydrogen-bond acceptors (Lipinski definition) is 8. The van der Waals surface area contributed by atoms with Gasteiger partial charge in [0, 0.05) is 50.2 Å². The Kier molecular flexibility index (Phi) is 5.02. The quantitative estimate of drug-likeness (QED) is 0.406. The molecule has 7 rings (SSSR count). The molecule has 9 heteroatoms. The van der Waals surface area contributed by atoms with E-state index in [1.54, 1.807) is 10.7 Å². The van der Waals surface area contributed by atoms with Crippen molar-refractivity contribution in [3.63, 3.8) is 0 Å². The molecule has 0 amide bonds. The third-order valence-electron chi connectivity index (χ3n) is 7.16. The average Bonchev–Trinajstić information content (AvgIpc) is 3.52. The predicted molar refractivity (Wildman–Crippen MR) is 138 cm³/mol. The number of fused-ring (bicyclic) bond motifs is 2. The van der Waals surface area contributed by atoms with Gasteiger partial charge in [-0.25, -0.2) is 14.5 Å². The van der Waals surface area contributed by atoms with Gasteiger partial charge in [0.25, 0.3) is 0 Å². The minimum atomic E-state index is 0.122. The van der Waals surface area contributed by atoms with Gasteiger partial charge in [0.15, 0.2) is 11.4 Å². The van der Waals surface area contributed by atoms with E-state index in [4.69, 9.17) is 14.9 Å². The number of benzene rings is 1. The molecule has 0 bridgehead atoms. The van der Waals surface area contributed by atoms with E-state index in [0.29, 0.717) is 17.4 Å². The lowest BCUT2D eigenvalue weighted by molar-refractivity contribution is 0.0944. The fourth-order valence-corrected chi connectivity index (χ4v) is 5.13. The van der Waals surface area contributed by atoms with E-state index in [0.717, 1.165) is 61.4 Å². The van der Waals surface area contributed by atoms with Crippen LogP contribution >= 0.6 is 0 Å². The molecular formula is C27H27N7O2. The van der Waals surface area contributed by atoms with E-state index in [1.165, 1.54) is 5.69 Å². The van der Waals surface area contributed by atoms with Crippen molar-refractivity contribution in [2.45, 2.75) is 25.0 Å². The lowest BCUT2D eigenvalue weighted by Crippen LogP contribution is -2.46. The zero-order chi connectivity index (χ0) is 24.1. The number of furan rings is 1. The number of imidazole rings is 1. The molecule has 36 heavy (non-hydrogen) atoms. The van der Waals surface area contributed by atoms with Gasteiger partial charge in [0.1, 0.15) is 11.8 Å². The van der Waals surface area contributed by atoms with Crippen LogP contribution in [0.4, 0.5) is 11.4 Å². The largest absolute Gasteiger partial charge is 0.473 e. The molecule has 0 atom stereocenters. The molecule has 5 heterocycles. The summed E-state index contributed by atoms with van der Waals surface area (Å²) in [4.78, 5) is 13.8. The molecule has 1 aliphatic heterocycles. The summed E-state index contributed by atoms with van der Waals surface area (Å²) in [6, 6.07) is 18.7. The number of pyridine rings is 1. The molecule has 0 unspecified atom stereocenters. The third kappa shape index (κ3) is 3.72. The second-order valence-electron chi connectivity index (χ2n) is 9.53. The highest BCUT2D eigenvalue weighted by molar-refractivity contribution is 5.91. The smallest absolute Gasteiger partial charge is 0.232 e. The average molecular weight is 482 g/mol. The molecule has 2 fully saturated rings. The Morgan fingerprint density at radius 2 is 1.72 bits per heavy atom. The fourth-order valence-electron chi connectivity index (χ4n) is 5.13. The van der Waals surface area contributed by atoms with Crippen molar-refractivity contribution in [1.29, 1.82) is 0 Å². The molecule has 4 aromatic heterocycles.